The molecule has 0 spiro atoms. The molecule has 1 unspecified atom stereocenters. The summed E-state index contributed by atoms with van der Waals surface area (Å²) in [5.41, 5.74) is 0. The molecule has 1 aliphatic carbocycles. The number of hydrogen-bond donors (Lipinski definition) is 2. The van der Waals surface area contributed by atoms with Gasteiger partial charge in [-0.3, -0.25) is 0 Å². The second-order valence-electron chi connectivity index (χ2n) is 5.83. The Balaban J connectivity index is 1.92. The molecule has 0 aromatic carbocycles. The zero-order chi connectivity index (χ0) is 13.7. The van der Waals surface area contributed by atoms with Crippen LogP contribution < -0.4 is 10.0 Å². The summed E-state index contributed by atoms with van der Waals surface area (Å²) >= 11 is 0. The van der Waals surface area contributed by atoms with Crippen LogP contribution in [-0.4, -0.2) is 44.9 Å². The van der Waals surface area contributed by atoms with Crippen molar-refractivity contribution < 1.29 is 8.42 Å². The number of rotatable bonds is 4. The molecule has 19 heavy (non-hydrogen) atoms. The van der Waals surface area contributed by atoms with Crippen LogP contribution in [0.15, 0.2) is 0 Å². The van der Waals surface area contributed by atoms with Gasteiger partial charge < -0.3 is 5.32 Å². The predicted octanol–water partition coefficient (Wildman–Crippen LogP) is 1.23. The molecule has 1 atom stereocenters. The van der Waals surface area contributed by atoms with E-state index in [2.05, 4.69) is 10.0 Å². The second kappa shape index (κ2) is 7.02. The highest BCUT2D eigenvalue weighted by molar-refractivity contribution is 7.87. The average molecular weight is 289 g/mol. The molecule has 5 nitrogen and oxygen atoms in total. The first kappa shape index (κ1) is 15.2. The van der Waals surface area contributed by atoms with Crippen LogP contribution in [0.2, 0.25) is 0 Å². The fourth-order valence-electron chi connectivity index (χ4n) is 3.05. The van der Waals surface area contributed by atoms with Gasteiger partial charge in [0, 0.05) is 25.7 Å². The first-order chi connectivity index (χ1) is 9.09. The Morgan fingerprint density at radius 3 is 2.47 bits per heavy atom. The predicted molar refractivity (Wildman–Crippen MR) is 77.2 cm³/mol. The van der Waals surface area contributed by atoms with Crippen molar-refractivity contribution in [1.29, 1.82) is 0 Å². The monoisotopic (exact) mass is 289 g/mol. The summed E-state index contributed by atoms with van der Waals surface area (Å²) in [6.45, 7) is 1.74. The third-order valence-corrected chi connectivity index (χ3v) is 6.02. The lowest BCUT2D eigenvalue weighted by atomic mass is 9.96. The zero-order valence-corrected chi connectivity index (χ0v) is 12.7. The summed E-state index contributed by atoms with van der Waals surface area (Å²) in [4.78, 5) is 0. The Morgan fingerprint density at radius 1 is 1.05 bits per heavy atom. The standard InChI is InChI=1S/C13H27N3O2S/c1-16(13-8-3-2-4-9-13)19(17,18)15-12-7-5-6-10-14-11-12/h12-15H,2-11H2,1H3. The Morgan fingerprint density at radius 2 is 1.74 bits per heavy atom. The highest BCUT2D eigenvalue weighted by Gasteiger charge is 2.29. The van der Waals surface area contributed by atoms with E-state index >= 15 is 0 Å². The molecule has 0 aromatic rings. The molecule has 1 saturated carbocycles. The maximum atomic E-state index is 12.4. The van der Waals surface area contributed by atoms with Gasteiger partial charge in [0.25, 0.3) is 10.2 Å². The first-order valence-electron chi connectivity index (χ1n) is 7.55. The Bertz CT molecular complexity index is 358. The molecule has 0 bridgehead atoms. The molecular weight excluding hydrogens is 262 g/mol. The lowest BCUT2D eigenvalue weighted by molar-refractivity contribution is 0.281. The molecular formula is C13H27N3O2S. The summed E-state index contributed by atoms with van der Waals surface area (Å²) < 4.78 is 29.2. The first-order valence-corrected chi connectivity index (χ1v) is 8.99. The van der Waals surface area contributed by atoms with Crippen LogP contribution in [0.1, 0.15) is 51.4 Å². The summed E-state index contributed by atoms with van der Waals surface area (Å²) in [7, 11) is -1.61. The van der Waals surface area contributed by atoms with Gasteiger partial charge in [-0.25, -0.2) is 0 Å². The molecule has 2 fully saturated rings. The minimum atomic E-state index is -3.33. The molecule has 2 rings (SSSR count). The normalized spacial score (nSPS) is 27.4. The van der Waals surface area contributed by atoms with E-state index in [1.165, 1.54) is 6.42 Å². The van der Waals surface area contributed by atoms with E-state index in [1.807, 2.05) is 0 Å². The van der Waals surface area contributed by atoms with Crippen molar-refractivity contribution in [2.45, 2.75) is 63.5 Å². The van der Waals surface area contributed by atoms with Crippen LogP contribution in [0, 0.1) is 0 Å². The van der Waals surface area contributed by atoms with Crippen LogP contribution >= 0.6 is 0 Å². The van der Waals surface area contributed by atoms with Gasteiger partial charge in [0.15, 0.2) is 0 Å². The van der Waals surface area contributed by atoms with Crippen LogP contribution in [0.25, 0.3) is 0 Å². The van der Waals surface area contributed by atoms with Crippen molar-refractivity contribution in [2.24, 2.45) is 0 Å². The number of nitrogens with zero attached hydrogens (tertiary/aromatic N) is 1. The highest BCUT2D eigenvalue weighted by atomic mass is 32.2. The van der Waals surface area contributed by atoms with Crippen molar-refractivity contribution in [1.82, 2.24) is 14.3 Å². The van der Waals surface area contributed by atoms with Gasteiger partial charge >= 0.3 is 0 Å². The second-order valence-corrected chi connectivity index (χ2v) is 7.59. The van der Waals surface area contributed by atoms with Crippen molar-refractivity contribution in [3.8, 4) is 0 Å². The van der Waals surface area contributed by atoms with E-state index in [-0.39, 0.29) is 12.1 Å². The van der Waals surface area contributed by atoms with Gasteiger partial charge in [0.1, 0.15) is 0 Å². The Hall–Kier alpha value is -0.170. The topological polar surface area (TPSA) is 61.4 Å². The average Bonchev–Trinajstić information content (AvgIpc) is 2.67. The largest absolute Gasteiger partial charge is 0.315 e. The lowest BCUT2D eigenvalue weighted by Gasteiger charge is -2.31. The van der Waals surface area contributed by atoms with Crippen molar-refractivity contribution in [2.75, 3.05) is 20.1 Å². The lowest BCUT2D eigenvalue weighted by Crippen LogP contribution is -2.50. The smallest absolute Gasteiger partial charge is 0.279 e. The highest BCUT2D eigenvalue weighted by Crippen LogP contribution is 2.23. The summed E-state index contributed by atoms with van der Waals surface area (Å²) in [5.74, 6) is 0. The van der Waals surface area contributed by atoms with Gasteiger partial charge in [-0.2, -0.15) is 17.4 Å². The Kier molecular flexibility index (Phi) is 5.62. The van der Waals surface area contributed by atoms with Crippen LogP contribution in [0.4, 0.5) is 0 Å². The third kappa shape index (κ3) is 4.41. The zero-order valence-electron chi connectivity index (χ0n) is 11.9. The minimum absolute atomic E-state index is 0.0403. The van der Waals surface area contributed by atoms with Gasteiger partial charge in [0.2, 0.25) is 0 Å². The van der Waals surface area contributed by atoms with Crippen LogP contribution in [0.5, 0.6) is 0 Å². The fraction of sp³-hybridized carbons (Fsp3) is 1.00. The van der Waals surface area contributed by atoms with Crippen LogP contribution in [0.3, 0.4) is 0 Å². The minimum Gasteiger partial charge on any atom is -0.315 e. The van der Waals surface area contributed by atoms with E-state index in [0.717, 1.165) is 58.0 Å². The van der Waals surface area contributed by atoms with E-state index < -0.39 is 10.2 Å². The maximum absolute atomic E-state index is 12.4. The third-order valence-electron chi connectivity index (χ3n) is 4.33. The molecule has 112 valence electrons. The van der Waals surface area contributed by atoms with Crippen molar-refractivity contribution >= 4 is 10.2 Å². The van der Waals surface area contributed by atoms with Crippen LogP contribution in [-0.2, 0) is 10.2 Å². The Labute approximate surface area is 117 Å². The quantitative estimate of drug-likeness (QED) is 0.818. The molecule has 6 heteroatoms. The molecule has 0 aromatic heterocycles. The van der Waals surface area contributed by atoms with E-state index in [9.17, 15) is 8.42 Å². The molecule has 1 heterocycles. The molecule has 0 amide bonds. The summed E-state index contributed by atoms with van der Waals surface area (Å²) in [5, 5.41) is 3.29. The number of nitrogens with one attached hydrogen (secondary N) is 2. The molecule has 1 aliphatic heterocycles. The maximum Gasteiger partial charge on any atom is 0.279 e. The fourth-order valence-corrected chi connectivity index (χ4v) is 4.45. The molecule has 0 radical (unpaired) electrons. The van der Waals surface area contributed by atoms with Gasteiger partial charge in [-0.15, -0.1) is 0 Å². The molecule has 2 aliphatic rings. The van der Waals surface area contributed by atoms with E-state index in [1.54, 1.807) is 11.4 Å². The number of hydrogen-bond acceptors (Lipinski definition) is 3. The SMILES string of the molecule is CN(C1CCCCC1)S(=O)(=O)NC1CCCCNC1. The molecule has 1 saturated heterocycles. The summed E-state index contributed by atoms with van der Waals surface area (Å²) in [6.07, 6.45) is 8.70. The summed E-state index contributed by atoms with van der Waals surface area (Å²) in [6, 6.07) is 0.225. The van der Waals surface area contributed by atoms with Gasteiger partial charge in [-0.05, 0) is 32.2 Å². The van der Waals surface area contributed by atoms with Gasteiger partial charge in [0.05, 0.1) is 0 Å². The van der Waals surface area contributed by atoms with E-state index in [4.69, 9.17) is 0 Å². The van der Waals surface area contributed by atoms with E-state index in [0.29, 0.717) is 0 Å². The van der Waals surface area contributed by atoms with Crippen molar-refractivity contribution in [3.05, 3.63) is 0 Å². The van der Waals surface area contributed by atoms with Gasteiger partial charge in [-0.1, -0.05) is 25.7 Å². The molecule has 2 N–H and O–H groups in total. The van der Waals surface area contributed by atoms with Crippen molar-refractivity contribution in [3.63, 3.8) is 0 Å².